The number of ether oxygens (including phenoxy) is 1. The lowest BCUT2D eigenvalue weighted by atomic mass is 10.2. The van der Waals surface area contributed by atoms with Crippen molar-refractivity contribution in [1.82, 2.24) is 25.2 Å². The predicted octanol–water partition coefficient (Wildman–Crippen LogP) is -1.27. The minimum absolute atomic E-state index is 0.150. The zero-order chi connectivity index (χ0) is 17.3. The minimum Gasteiger partial charge on any atom is -0.380 e. The van der Waals surface area contributed by atoms with Crippen LogP contribution in [0.25, 0.3) is 11.0 Å². The topological polar surface area (TPSA) is 118 Å². The first-order chi connectivity index (χ1) is 11.5. The van der Waals surface area contributed by atoms with Crippen LogP contribution in [0.3, 0.4) is 0 Å². The van der Waals surface area contributed by atoms with Gasteiger partial charge in [0, 0.05) is 39.5 Å². The van der Waals surface area contributed by atoms with Gasteiger partial charge in [0.2, 0.25) is 0 Å². The molecule has 0 radical (unpaired) electrons. The van der Waals surface area contributed by atoms with Gasteiger partial charge in [-0.15, -0.1) is 0 Å². The van der Waals surface area contributed by atoms with Crippen molar-refractivity contribution < 1.29 is 9.53 Å². The van der Waals surface area contributed by atoms with Gasteiger partial charge >= 0.3 is 5.69 Å². The summed E-state index contributed by atoms with van der Waals surface area (Å²) >= 11 is 0. The van der Waals surface area contributed by atoms with E-state index < -0.39 is 11.2 Å². The van der Waals surface area contributed by atoms with Crippen LogP contribution < -0.4 is 21.9 Å². The molecule has 9 heteroatoms. The molecule has 2 unspecified atom stereocenters. The van der Waals surface area contributed by atoms with Crippen molar-refractivity contribution in [2.75, 3.05) is 20.2 Å². The Bertz CT molecular complexity index is 888. The van der Waals surface area contributed by atoms with Gasteiger partial charge in [-0.3, -0.25) is 19.1 Å². The second-order valence-electron chi connectivity index (χ2n) is 5.82. The lowest BCUT2D eigenvalue weighted by Crippen LogP contribution is -2.37. The van der Waals surface area contributed by atoms with Gasteiger partial charge in [-0.2, -0.15) is 0 Å². The molecule has 1 aliphatic rings. The van der Waals surface area contributed by atoms with Crippen molar-refractivity contribution in [1.29, 1.82) is 0 Å². The molecule has 1 fully saturated rings. The summed E-state index contributed by atoms with van der Waals surface area (Å²) in [6.07, 6.45) is 2.35. The van der Waals surface area contributed by atoms with Crippen molar-refractivity contribution in [3.05, 3.63) is 38.7 Å². The smallest absolute Gasteiger partial charge is 0.329 e. The van der Waals surface area contributed by atoms with Crippen molar-refractivity contribution in [2.24, 2.45) is 7.05 Å². The van der Waals surface area contributed by atoms with Gasteiger partial charge in [0.15, 0.2) is 0 Å². The van der Waals surface area contributed by atoms with Gasteiger partial charge in [-0.1, -0.05) is 0 Å². The molecule has 0 aromatic carbocycles. The number of carbonyl (C=O) groups excluding carboxylic acids is 1. The molecule has 0 saturated carbocycles. The van der Waals surface area contributed by atoms with Crippen LogP contribution in [0.15, 0.2) is 21.9 Å². The van der Waals surface area contributed by atoms with Crippen LogP contribution in [0.2, 0.25) is 0 Å². The number of H-pyrrole nitrogens is 1. The monoisotopic (exact) mass is 333 g/mol. The number of hydrogen-bond donors (Lipinski definition) is 3. The van der Waals surface area contributed by atoms with E-state index in [9.17, 15) is 14.4 Å². The Labute approximate surface area is 137 Å². The molecular formula is C15H19N5O4. The highest BCUT2D eigenvalue weighted by molar-refractivity contribution is 5.96. The number of aryl methyl sites for hydroxylation is 1. The maximum Gasteiger partial charge on any atom is 0.329 e. The van der Waals surface area contributed by atoms with E-state index in [4.69, 9.17) is 4.74 Å². The van der Waals surface area contributed by atoms with Gasteiger partial charge in [0.25, 0.3) is 11.5 Å². The molecule has 3 N–H and O–H groups in total. The van der Waals surface area contributed by atoms with E-state index in [2.05, 4.69) is 20.6 Å². The van der Waals surface area contributed by atoms with Gasteiger partial charge in [0.1, 0.15) is 5.65 Å². The average molecular weight is 333 g/mol. The van der Waals surface area contributed by atoms with E-state index in [0.717, 1.165) is 13.0 Å². The fourth-order valence-electron chi connectivity index (χ4n) is 2.80. The van der Waals surface area contributed by atoms with E-state index in [1.807, 2.05) is 0 Å². The molecule has 24 heavy (non-hydrogen) atoms. The Morgan fingerprint density at radius 3 is 3.00 bits per heavy atom. The van der Waals surface area contributed by atoms with Gasteiger partial charge in [-0.05, 0) is 12.5 Å². The quantitative estimate of drug-likeness (QED) is 0.642. The van der Waals surface area contributed by atoms with Crippen LogP contribution in [-0.2, 0) is 11.8 Å². The van der Waals surface area contributed by atoms with E-state index >= 15 is 0 Å². The van der Waals surface area contributed by atoms with Crippen LogP contribution in [0.1, 0.15) is 16.8 Å². The largest absolute Gasteiger partial charge is 0.380 e. The molecule has 3 rings (SSSR count). The third kappa shape index (κ3) is 3.08. The Morgan fingerprint density at radius 2 is 2.29 bits per heavy atom. The number of carbonyl (C=O) groups is 1. The highest BCUT2D eigenvalue weighted by Gasteiger charge is 2.24. The van der Waals surface area contributed by atoms with Gasteiger partial charge < -0.3 is 15.4 Å². The summed E-state index contributed by atoms with van der Waals surface area (Å²) < 4.78 is 6.49. The minimum atomic E-state index is -0.560. The molecule has 2 aromatic rings. The summed E-state index contributed by atoms with van der Waals surface area (Å²) in [5, 5.41) is 6.28. The Kier molecular flexibility index (Phi) is 4.45. The molecule has 1 amide bonds. The number of aromatic amines is 1. The summed E-state index contributed by atoms with van der Waals surface area (Å²) in [4.78, 5) is 42.0. The first-order valence-electron chi connectivity index (χ1n) is 7.63. The molecule has 2 atom stereocenters. The molecule has 0 bridgehead atoms. The maximum atomic E-state index is 12.3. The first kappa shape index (κ1) is 16.3. The van der Waals surface area contributed by atoms with E-state index in [0.29, 0.717) is 6.54 Å². The maximum absolute atomic E-state index is 12.3. The summed E-state index contributed by atoms with van der Waals surface area (Å²) in [7, 11) is 3.17. The molecular weight excluding hydrogens is 314 g/mol. The summed E-state index contributed by atoms with van der Waals surface area (Å²) in [5.41, 5.74) is -0.596. The number of nitrogens with one attached hydrogen (secondary N) is 3. The standard InChI is InChI=1S/C15H19N5O4/c1-20-12-11(14(22)19-15(20)23)3-8(5-17-12)13(21)18-6-9-4-10(24-2)7-16-9/h3,5,9-10,16H,4,6-7H2,1-2H3,(H,18,21)(H,19,22,23). The fourth-order valence-corrected chi connectivity index (χ4v) is 2.80. The number of rotatable bonds is 4. The molecule has 2 aromatic heterocycles. The number of pyridine rings is 1. The van der Waals surface area contributed by atoms with E-state index in [1.165, 1.54) is 23.9 Å². The van der Waals surface area contributed by atoms with Gasteiger partial charge in [0.05, 0.1) is 17.1 Å². The Balaban J connectivity index is 1.76. The van der Waals surface area contributed by atoms with E-state index in [1.54, 1.807) is 7.11 Å². The average Bonchev–Trinajstić information content (AvgIpc) is 3.05. The number of aromatic nitrogens is 3. The SMILES string of the molecule is COC1CNC(CNC(=O)c2cnc3c(c2)c(=O)[nH]c(=O)n3C)C1. The van der Waals surface area contributed by atoms with Crippen molar-refractivity contribution in [3.8, 4) is 0 Å². The molecule has 0 aliphatic carbocycles. The van der Waals surface area contributed by atoms with Crippen LogP contribution in [0.5, 0.6) is 0 Å². The molecule has 1 aliphatic heterocycles. The van der Waals surface area contributed by atoms with Crippen LogP contribution in [0, 0.1) is 0 Å². The zero-order valence-corrected chi connectivity index (χ0v) is 13.5. The molecule has 0 spiro atoms. The number of methoxy groups -OCH3 is 1. The normalized spacial score (nSPS) is 20.4. The molecule has 3 heterocycles. The summed E-state index contributed by atoms with van der Waals surface area (Å²) in [5.74, 6) is -0.319. The van der Waals surface area contributed by atoms with Gasteiger partial charge in [-0.25, -0.2) is 9.78 Å². The molecule has 128 valence electrons. The summed E-state index contributed by atoms with van der Waals surface area (Å²) in [6.45, 7) is 1.22. The number of hydrogen-bond acceptors (Lipinski definition) is 6. The van der Waals surface area contributed by atoms with Crippen molar-refractivity contribution in [3.63, 3.8) is 0 Å². The Morgan fingerprint density at radius 1 is 1.50 bits per heavy atom. The molecule has 1 saturated heterocycles. The summed E-state index contributed by atoms with van der Waals surface area (Å²) in [6, 6.07) is 1.59. The van der Waals surface area contributed by atoms with Crippen molar-refractivity contribution >= 4 is 16.9 Å². The second-order valence-corrected chi connectivity index (χ2v) is 5.82. The zero-order valence-electron chi connectivity index (χ0n) is 13.5. The third-order valence-electron chi connectivity index (χ3n) is 4.24. The predicted molar refractivity (Wildman–Crippen MR) is 87.1 cm³/mol. The Hall–Kier alpha value is -2.52. The van der Waals surface area contributed by atoms with Crippen LogP contribution >= 0.6 is 0 Å². The number of fused-ring (bicyclic) bond motifs is 1. The lowest BCUT2D eigenvalue weighted by molar-refractivity contribution is 0.0945. The third-order valence-corrected chi connectivity index (χ3v) is 4.24. The number of nitrogens with zero attached hydrogens (tertiary/aromatic N) is 2. The van der Waals surface area contributed by atoms with E-state index in [-0.39, 0.29) is 34.6 Å². The fraction of sp³-hybridized carbons (Fsp3) is 0.467. The number of amides is 1. The van der Waals surface area contributed by atoms with Crippen LogP contribution in [-0.4, -0.2) is 52.8 Å². The molecule has 9 nitrogen and oxygen atoms in total. The van der Waals surface area contributed by atoms with Crippen molar-refractivity contribution in [2.45, 2.75) is 18.6 Å². The first-order valence-corrected chi connectivity index (χ1v) is 7.63. The highest BCUT2D eigenvalue weighted by Crippen LogP contribution is 2.10. The second kappa shape index (κ2) is 6.54. The lowest BCUT2D eigenvalue weighted by Gasteiger charge is -2.12. The van der Waals surface area contributed by atoms with Crippen LogP contribution in [0.4, 0.5) is 0 Å². The highest BCUT2D eigenvalue weighted by atomic mass is 16.5.